The fourth-order valence-corrected chi connectivity index (χ4v) is 2.17. The molecule has 6 heteroatoms. The maximum absolute atomic E-state index is 13.2. The first-order valence-electron chi connectivity index (χ1n) is 8.80. The molecular weight excluding hydrogens is 363 g/mol. The minimum atomic E-state index is -1.20. The second-order valence-electron chi connectivity index (χ2n) is 5.60. The molecule has 0 amide bonds. The zero-order chi connectivity index (χ0) is 20.8. The average molecular weight is 387 g/mol. The zero-order valence-corrected chi connectivity index (χ0v) is 15.9. The van der Waals surface area contributed by atoms with Crippen LogP contribution in [0.25, 0.3) is 0 Å². The van der Waals surface area contributed by atoms with Crippen LogP contribution in [0.5, 0.6) is 0 Å². The van der Waals surface area contributed by atoms with Crippen molar-refractivity contribution in [2.75, 3.05) is 0 Å². The zero-order valence-electron chi connectivity index (χ0n) is 15.9. The standard InChI is InChI=1S/C22H24F3N3/c1-3-5-11-20(21(4-2)27-16-17-9-7-6-8-10-17)22(26)28-19(12-13-23)14-18(25)15-24/h4,6-16H,3,5H2,1-2H3,(H2,26,28)/b13-12+,18-15-,19-14+,20-11+,21-4+,27-16?. The van der Waals surface area contributed by atoms with Crippen LogP contribution in [0, 0.1) is 0 Å². The van der Waals surface area contributed by atoms with Gasteiger partial charge >= 0.3 is 0 Å². The summed E-state index contributed by atoms with van der Waals surface area (Å²) in [6.45, 7) is 3.80. The van der Waals surface area contributed by atoms with E-state index in [1.54, 1.807) is 19.2 Å². The molecule has 0 heterocycles. The van der Waals surface area contributed by atoms with E-state index in [2.05, 4.69) is 9.98 Å². The highest BCUT2D eigenvalue weighted by atomic mass is 19.2. The first kappa shape index (κ1) is 22.9. The third-order valence-electron chi connectivity index (χ3n) is 3.49. The predicted octanol–water partition coefficient (Wildman–Crippen LogP) is 6.24. The van der Waals surface area contributed by atoms with E-state index in [9.17, 15) is 13.2 Å². The van der Waals surface area contributed by atoms with Crippen molar-refractivity contribution in [3.8, 4) is 0 Å². The van der Waals surface area contributed by atoms with Crippen molar-refractivity contribution in [2.24, 2.45) is 15.7 Å². The lowest BCUT2D eigenvalue weighted by atomic mass is 10.1. The number of hydrogen-bond acceptors (Lipinski definition) is 2. The van der Waals surface area contributed by atoms with E-state index in [0.29, 0.717) is 17.7 Å². The second-order valence-corrected chi connectivity index (χ2v) is 5.60. The van der Waals surface area contributed by atoms with Crippen molar-refractivity contribution in [2.45, 2.75) is 26.7 Å². The molecule has 0 fully saturated rings. The van der Waals surface area contributed by atoms with Gasteiger partial charge in [0.1, 0.15) is 12.2 Å². The highest BCUT2D eigenvalue weighted by molar-refractivity contribution is 6.02. The summed E-state index contributed by atoms with van der Waals surface area (Å²) in [5.41, 5.74) is 7.91. The number of amidine groups is 1. The summed E-state index contributed by atoms with van der Waals surface area (Å²) in [7, 11) is 0. The van der Waals surface area contributed by atoms with Crippen molar-refractivity contribution in [1.82, 2.24) is 0 Å². The van der Waals surface area contributed by atoms with Gasteiger partial charge in [0.25, 0.3) is 0 Å². The van der Waals surface area contributed by atoms with Crippen molar-refractivity contribution < 1.29 is 13.2 Å². The lowest BCUT2D eigenvalue weighted by molar-refractivity contribution is 0.605. The smallest absolute Gasteiger partial charge is 0.153 e. The van der Waals surface area contributed by atoms with E-state index >= 15 is 0 Å². The summed E-state index contributed by atoms with van der Waals surface area (Å²) in [6.07, 6.45) is 8.43. The molecule has 0 saturated heterocycles. The summed E-state index contributed by atoms with van der Waals surface area (Å²) < 4.78 is 38.0. The molecule has 3 nitrogen and oxygen atoms in total. The third-order valence-corrected chi connectivity index (χ3v) is 3.49. The summed E-state index contributed by atoms with van der Waals surface area (Å²) in [4.78, 5) is 8.50. The Labute approximate surface area is 163 Å². The number of halogens is 3. The van der Waals surface area contributed by atoms with Crippen molar-refractivity contribution >= 4 is 12.1 Å². The van der Waals surface area contributed by atoms with Gasteiger partial charge in [-0.3, -0.25) is 4.99 Å². The van der Waals surface area contributed by atoms with Gasteiger partial charge in [0.05, 0.1) is 17.7 Å². The van der Waals surface area contributed by atoms with Gasteiger partial charge in [0.2, 0.25) is 0 Å². The molecule has 0 aliphatic carbocycles. The van der Waals surface area contributed by atoms with Crippen LogP contribution in [0.2, 0.25) is 0 Å². The quantitative estimate of drug-likeness (QED) is 0.304. The van der Waals surface area contributed by atoms with Crippen LogP contribution in [0.15, 0.2) is 100 Å². The van der Waals surface area contributed by atoms with Gasteiger partial charge in [-0.1, -0.05) is 55.8 Å². The van der Waals surface area contributed by atoms with Crippen molar-refractivity contribution in [3.05, 3.63) is 95.7 Å². The van der Waals surface area contributed by atoms with E-state index in [1.807, 2.05) is 43.3 Å². The molecule has 0 aromatic heterocycles. The Morgan fingerprint density at radius 1 is 1.18 bits per heavy atom. The molecule has 2 N–H and O–H groups in total. The van der Waals surface area contributed by atoms with Gasteiger partial charge in [0, 0.05) is 17.9 Å². The Balaban J connectivity index is 3.31. The van der Waals surface area contributed by atoms with Gasteiger partial charge < -0.3 is 5.73 Å². The van der Waals surface area contributed by atoms with Crippen LogP contribution in [0.3, 0.4) is 0 Å². The minimum absolute atomic E-state index is 0.0165. The minimum Gasteiger partial charge on any atom is -0.383 e. The number of hydrogen-bond donors (Lipinski definition) is 1. The predicted molar refractivity (Wildman–Crippen MR) is 111 cm³/mol. The average Bonchev–Trinajstić information content (AvgIpc) is 2.71. The Kier molecular flexibility index (Phi) is 10.7. The molecule has 0 atom stereocenters. The summed E-state index contributed by atoms with van der Waals surface area (Å²) in [5.74, 6) is -1.18. The number of aliphatic imine (C=N–C) groups is 2. The van der Waals surface area contributed by atoms with Gasteiger partial charge in [-0.25, -0.2) is 18.2 Å². The highest BCUT2D eigenvalue weighted by Gasteiger charge is 2.09. The number of nitrogens with zero attached hydrogens (tertiary/aromatic N) is 2. The molecule has 0 aliphatic rings. The van der Waals surface area contributed by atoms with Crippen molar-refractivity contribution in [1.29, 1.82) is 0 Å². The number of rotatable bonds is 9. The topological polar surface area (TPSA) is 50.7 Å². The molecule has 0 bridgehead atoms. The first-order valence-corrected chi connectivity index (χ1v) is 8.80. The van der Waals surface area contributed by atoms with E-state index in [0.717, 1.165) is 24.1 Å². The summed E-state index contributed by atoms with van der Waals surface area (Å²) in [5, 5.41) is 0. The molecule has 0 spiro atoms. The number of unbranched alkanes of at least 4 members (excludes halogenated alkanes) is 1. The summed E-state index contributed by atoms with van der Waals surface area (Å²) in [6, 6.07) is 9.51. The highest BCUT2D eigenvalue weighted by Crippen LogP contribution is 2.17. The first-order chi connectivity index (χ1) is 13.5. The molecule has 0 radical (unpaired) electrons. The fraction of sp³-hybridized carbons (Fsp3) is 0.182. The van der Waals surface area contributed by atoms with Gasteiger partial charge in [-0.2, -0.15) is 0 Å². The Bertz CT molecular complexity index is 830. The van der Waals surface area contributed by atoms with E-state index in [-0.39, 0.29) is 24.2 Å². The van der Waals surface area contributed by atoms with Crippen LogP contribution in [-0.2, 0) is 0 Å². The van der Waals surface area contributed by atoms with E-state index < -0.39 is 5.83 Å². The number of benzene rings is 1. The normalized spacial score (nSPS) is 15.1. The Morgan fingerprint density at radius 2 is 1.89 bits per heavy atom. The molecular formula is C22H24F3N3. The Hall–Kier alpha value is -3.15. The maximum Gasteiger partial charge on any atom is 0.153 e. The monoisotopic (exact) mass is 387 g/mol. The number of nitrogens with two attached hydrogens (primary N) is 1. The molecule has 0 saturated carbocycles. The lowest BCUT2D eigenvalue weighted by Gasteiger charge is -2.09. The van der Waals surface area contributed by atoms with Crippen LogP contribution < -0.4 is 5.73 Å². The lowest BCUT2D eigenvalue weighted by Crippen LogP contribution is -2.16. The maximum atomic E-state index is 13.2. The molecule has 148 valence electrons. The molecule has 28 heavy (non-hydrogen) atoms. The molecule has 1 aromatic carbocycles. The van der Waals surface area contributed by atoms with Crippen LogP contribution in [0.4, 0.5) is 13.2 Å². The number of allylic oxidation sites excluding steroid dienone is 5. The molecule has 1 aromatic rings. The largest absolute Gasteiger partial charge is 0.383 e. The van der Waals surface area contributed by atoms with Crippen LogP contribution in [-0.4, -0.2) is 12.1 Å². The SMILES string of the molecule is C\C=C(N=Cc1ccccc1)/C(=C\CCC)C(/N)=N/C(/C=C/F)=C/C(F)=C/F. The van der Waals surface area contributed by atoms with Crippen LogP contribution in [0.1, 0.15) is 32.3 Å². The van der Waals surface area contributed by atoms with Crippen LogP contribution >= 0.6 is 0 Å². The second kappa shape index (κ2) is 13.1. The molecule has 0 unspecified atom stereocenters. The molecule has 0 aliphatic heterocycles. The molecule has 1 rings (SSSR count). The van der Waals surface area contributed by atoms with Gasteiger partial charge in [-0.15, -0.1) is 0 Å². The fourth-order valence-electron chi connectivity index (χ4n) is 2.17. The van der Waals surface area contributed by atoms with E-state index in [4.69, 9.17) is 5.73 Å². The third kappa shape index (κ3) is 8.03. The Morgan fingerprint density at radius 3 is 2.46 bits per heavy atom. The van der Waals surface area contributed by atoms with Gasteiger partial charge in [-0.05, 0) is 25.0 Å². The summed E-state index contributed by atoms with van der Waals surface area (Å²) >= 11 is 0. The van der Waals surface area contributed by atoms with E-state index in [1.165, 1.54) is 0 Å². The van der Waals surface area contributed by atoms with Crippen molar-refractivity contribution in [3.63, 3.8) is 0 Å². The van der Waals surface area contributed by atoms with Gasteiger partial charge in [0.15, 0.2) is 5.83 Å².